The van der Waals surface area contributed by atoms with Crippen LogP contribution in [-0.4, -0.2) is 99.6 Å². The number of aliphatic hydroxyl groups is 5. The predicted octanol–water partition coefficient (Wildman–Crippen LogP) is 16.6. The Balaban J connectivity index is 2.69. The van der Waals surface area contributed by atoms with Crippen molar-refractivity contribution in [3.63, 3.8) is 0 Å². The van der Waals surface area contributed by atoms with Crippen molar-refractivity contribution < 1.29 is 49.3 Å². The number of hydrogen-bond donors (Lipinski definition) is 6. The molecule has 8 unspecified atom stereocenters. The molecule has 1 saturated heterocycles. The number of aliphatic hydroxyl groups excluding tert-OH is 5. The van der Waals surface area contributed by atoms with E-state index in [1.165, 1.54) is 77.0 Å². The summed E-state index contributed by atoms with van der Waals surface area (Å²) in [7, 11) is 0. The van der Waals surface area contributed by atoms with Gasteiger partial charge in [-0.3, -0.25) is 9.59 Å². The Hall–Kier alpha value is -3.94. The van der Waals surface area contributed by atoms with Crippen molar-refractivity contribution in [3.05, 3.63) is 122 Å². The molecule has 0 aromatic heterocycles. The summed E-state index contributed by atoms with van der Waals surface area (Å²) in [5.74, 6) is -1.24. The van der Waals surface area contributed by atoms with Gasteiger partial charge in [-0.2, -0.15) is 0 Å². The molecule has 0 aromatic carbocycles. The molecule has 0 bridgehead atoms. The van der Waals surface area contributed by atoms with E-state index in [0.717, 1.165) is 135 Å². The van der Waals surface area contributed by atoms with Gasteiger partial charge < -0.3 is 45.1 Å². The fourth-order valence-corrected chi connectivity index (χ4v) is 9.60. The van der Waals surface area contributed by atoms with E-state index in [1.807, 2.05) is 6.08 Å². The predicted molar refractivity (Wildman–Crippen MR) is 347 cm³/mol. The summed E-state index contributed by atoms with van der Waals surface area (Å²) >= 11 is 0. The smallest absolute Gasteiger partial charge is 0.306 e. The molecule has 8 atom stereocenters. The van der Waals surface area contributed by atoms with E-state index in [-0.39, 0.29) is 19.4 Å². The quantitative estimate of drug-likeness (QED) is 0.0195. The van der Waals surface area contributed by atoms with E-state index < -0.39 is 67.4 Å². The SMILES string of the molecule is CC/C=C\C/C=C\C/C=C\C/C=C\C/C=C\CCCCCCCC(=O)OC1C(OCC(NC(=O)C(O)CCCCCC/C=C\C/C=C\C/C=C\C/C=C\CCCCC)C(O)/C=C/CCCCCCCCCCCCC)OC(CO)C(O)C1O. The topological polar surface area (TPSA) is 175 Å². The number of carbonyl (C=O) groups is 2. The first-order valence-corrected chi connectivity index (χ1v) is 33.3. The number of carbonyl (C=O) groups excluding carboxylic acids is 2. The molecule has 1 heterocycles. The van der Waals surface area contributed by atoms with Gasteiger partial charge in [-0.25, -0.2) is 0 Å². The van der Waals surface area contributed by atoms with Crippen LogP contribution in [0.15, 0.2) is 122 Å². The average Bonchev–Trinajstić information content (AvgIpc) is 3.58. The van der Waals surface area contributed by atoms with Gasteiger partial charge in [0.2, 0.25) is 5.91 Å². The lowest BCUT2D eigenvalue weighted by Crippen LogP contribution is -2.61. The molecule has 1 aliphatic rings. The second kappa shape index (κ2) is 58.4. The molecule has 1 amide bonds. The van der Waals surface area contributed by atoms with Gasteiger partial charge in [-0.15, -0.1) is 0 Å². The van der Waals surface area contributed by atoms with Crippen molar-refractivity contribution in [2.24, 2.45) is 0 Å². The minimum Gasteiger partial charge on any atom is -0.454 e. The first-order chi connectivity index (χ1) is 40.7. The van der Waals surface area contributed by atoms with Crippen LogP contribution in [0.2, 0.25) is 0 Å². The number of rotatable bonds is 55. The number of esters is 1. The third kappa shape index (κ3) is 46.0. The van der Waals surface area contributed by atoms with Crippen molar-refractivity contribution >= 4 is 11.9 Å². The molecule has 0 aromatic rings. The second-order valence-electron chi connectivity index (χ2n) is 22.5. The minimum atomic E-state index is -1.63. The van der Waals surface area contributed by atoms with Crippen LogP contribution in [0.25, 0.3) is 0 Å². The fourth-order valence-electron chi connectivity index (χ4n) is 9.60. The Kier molecular flexibility index (Phi) is 54.3. The number of hydrogen-bond acceptors (Lipinski definition) is 10. The normalized spacial score (nSPS) is 19.3. The van der Waals surface area contributed by atoms with Crippen LogP contribution >= 0.6 is 0 Å². The summed E-state index contributed by atoms with van der Waals surface area (Å²) in [6, 6.07) is -1.05. The highest BCUT2D eigenvalue weighted by atomic mass is 16.7. The molecule has 83 heavy (non-hydrogen) atoms. The molecule has 0 spiro atoms. The molecule has 1 fully saturated rings. The summed E-state index contributed by atoms with van der Waals surface area (Å²) in [5.41, 5.74) is 0. The van der Waals surface area contributed by atoms with E-state index in [4.69, 9.17) is 14.2 Å². The second-order valence-corrected chi connectivity index (χ2v) is 22.5. The molecule has 11 nitrogen and oxygen atoms in total. The van der Waals surface area contributed by atoms with Gasteiger partial charge in [-0.1, -0.05) is 258 Å². The van der Waals surface area contributed by atoms with Crippen molar-refractivity contribution in [1.29, 1.82) is 0 Å². The number of nitrogens with one attached hydrogen (secondary N) is 1. The summed E-state index contributed by atoms with van der Waals surface area (Å²) < 4.78 is 17.6. The zero-order chi connectivity index (χ0) is 60.3. The van der Waals surface area contributed by atoms with Crippen molar-refractivity contribution in [2.45, 2.75) is 307 Å². The molecule has 1 aliphatic heterocycles. The molecule has 11 heteroatoms. The summed E-state index contributed by atoms with van der Waals surface area (Å²) in [6.07, 6.45) is 70.8. The van der Waals surface area contributed by atoms with E-state index >= 15 is 0 Å². The van der Waals surface area contributed by atoms with E-state index in [0.29, 0.717) is 12.8 Å². The molecule has 474 valence electrons. The largest absolute Gasteiger partial charge is 0.454 e. The molecule has 0 radical (unpaired) electrons. The monoisotopic (exact) mass is 1160 g/mol. The lowest BCUT2D eigenvalue weighted by Gasteiger charge is -2.41. The first kappa shape index (κ1) is 77.1. The summed E-state index contributed by atoms with van der Waals surface area (Å²) in [6.45, 7) is 5.63. The van der Waals surface area contributed by atoms with Crippen LogP contribution in [0, 0.1) is 0 Å². The Bertz CT molecular complexity index is 1810. The van der Waals surface area contributed by atoms with Gasteiger partial charge in [0, 0.05) is 6.42 Å². The van der Waals surface area contributed by atoms with Crippen LogP contribution in [0.5, 0.6) is 0 Å². The number of ether oxygens (including phenoxy) is 3. The first-order valence-electron chi connectivity index (χ1n) is 33.3. The van der Waals surface area contributed by atoms with Crippen molar-refractivity contribution in [3.8, 4) is 0 Å². The summed E-state index contributed by atoms with van der Waals surface area (Å²) in [5, 5.41) is 57.1. The van der Waals surface area contributed by atoms with E-state index in [2.05, 4.69) is 135 Å². The van der Waals surface area contributed by atoms with Gasteiger partial charge in [-0.05, 0) is 116 Å². The lowest BCUT2D eigenvalue weighted by atomic mass is 9.99. The Morgan fingerprint density at radius 3 is 1.33 bits per heavy atom. The molecular weight excluding hydrogens is 1040 g/mol. The Morgan fingerprint density at radius 2 is 0.867 bits per heavy atom. The van der Waals surface area contributed by atoms with E-state index in [1.54, 1.807) is 6.08 Å². The van der Waals surface area contributed by atoms with Gasteiger partial charge in [0.25, 0.3) is 0 Å². The Labute approximate surface area is 506 Å². The van der Waals surface area contributed by atoms with Crippen LogP contribution in [0.4, 0.5) is 0 Å². The molecule has 0 aliphatic carbocycles. The highest BCUT2D eigenvalue weighted by Gasteiger charge is 2.47. The highest BCUT2D eigenvalue weighted by Crippen LogP contribution is 2.26. The Morgan fingerprint density at radius 1 is 0.482 bits per heavy atom. The zero-order valence-corrected chi connectivity index (χ0v) is 52.5. The van der Waals surface area contributed by atoms with E-state index in [9.17, 15) is 35.1 Å². The van der Waals surface area contributed by atoms with Gasteiger partial charge in [0.15, 0.2) is 12.4 Å². The number of amides is 1. The number of unbranched alkanes of at least 4 members (excludes halogenated alkanes) is 23. The van der Waals surface area contributed by atoms with Crippen LogP contribution in [-0.2, 0) is 23.8 Å². The highest BCUT2D eigenvalue weighted by molar-refractivity contribution is 5.80. The molecule has 6 N–H and O–H groups in total. The average molecular weight is 1160 g/mol. The maximum Gasteiger partial charge on any atom is 0.306 e. The lowest BCUT2D eigenvalue weighted by molar-refractivity contribution is -0.305. The minimum absolute atomic E-state index is 0.0921. The molecular formula is C72H121NO10. The van der Waals surface area contributed by atoms with Crippen LogP contribution in [0.1, 0.15) is 258 Å². The molecule has 0 saturated carbocycles. The van der Waals surface area contributed by atoms with Gasteiger partial charge in [0.05, 0.1) is 25.4 Å². The standard InChI is InChI=1S/C72H121NO10/c1-4-7-10-13-16-19-22-25-27-29-31-33-35-37-39-42-45-48-51-54-57-60-67(77)83-70-69(79)68(78)66(61-74)82-72(70)81-62-63(64(75)58-55-52-49-46-43-40-24-21-18-15-12-9-6-3)73-71(80)65(76)59-56-53-50-47-44-41-38-36-34-32-30-28-26-23-20-17-14-11-8-5-2/h7,10,16-17,19-20,25-28,31-34,37-39,41,55,58,63-66,68-70,72,74-76,78-79H,4-6,8-9,11-15,18,21-24,29-30,35-36,40,42-54,56-57,59-62H2,1-3H3,(H,73,80)/b10-7-,19-16-,20-17-,27-25-,28-26-,33-31-,34-32-,39-37-,41-38-,58-55+. The number of allylic oxidation sites excluding steroid dienone is 19. The van der Waals surface area contributed by atoms with Crippen LogP contribution in [0.3, 0.4) is 0 Å². The third-order valence-corrected chi connectivity index (χ3v) is 14.8. The van der Waals surface area contributed by atoms with Gasteiger partial charge in [0.1, 0.15) is 24.4 Å². The molecule has 1 rings (SSSR count). The maximum atomic E-state index is 13.5. The van der Waals surface area contributed by atoms with Crippen molar-refractivity contribution in [2.75, 3.05) is 13.2 Å². The third-order valence-electron chi connectivity index (χ3n) is 14.8. The van der Waals surface area contributed by atoms with Crippen LogP contribution < -0.4 is 5.32 Å². The maximum absolute atomic E-state index is 13.5. The summed E-state index contributed by atoms with van der Waals surface area (Å²) in [4.78, 5) is 26.6. The zero-order valence-electron chi connectivity index (χ0n) is 52.5. The van der Waals surface area contributed by atoms with Gasteiger partial charge >= 0.3 is 5.97 Å². The van der Waals surface area contributed by atoms with Crippen molar-refractivity contribution in [1.82, 2.24) is 5.32 Å². The fraction of sp³-hybridized carbons (Fsp3) is 0.694.